The minimum atomic E-state index is -1.53. The van der Waals surface area contributed by atoms with Crippen LogP contribution in [0.25, 0.3) is 0 Å². The van der Waals surface area contributed by atoms with E-state index in [2.05, 4.69) is 5.32 Å². The van der Waals surface area contributed by atoms with Crippen LogP contribution in [0.4, 0.5) is 4.79 Å². The van der Waals surface area contributed by atoms with Crippen LogP contribution in [-0.4, -0.2) is 48.6 Å². The molecule has 1 saturated heterocycles. The van der Waals surface area contributed by atoms with Crippen molar-refractivity contribution < 1.29 is 23.9 Å². The Labute approximate surface area is 169 Å². The van der Waals surface area contributed by atoms with Gasteiger partial charge in [-0.3, -0.25) is 9.69 Å². The molecule has 1 N–H and O–H groups in total. The summed E-state index contributed by atoms with van der Waals surface area (Å²) in [5, 5.41) is 2.56. The van der Waals surface area contributed by atoms with E-state index in [1.54, 1.807) is 31.2 Å². The van der Waals surface area contributed by atoms with E-state index in [9.17, 15) is 14.4 Å². The van der Waals surface area contributed by atoms with Gasteiger partial charge in [0.05, 0.1) is 0 Å². The Balaban J connectivity index is 1.96. The summed E-state index contributed by atoms with van der Waals surface area (Å²) >= 11 is 0. The van der Waals surface area contributed by atoms with Gasteiger partial charge in [0.25, 0.3) is 5.91 Å². The van der Waals surface area contributed by atoms with Crippen LogP contribution in [-0.2, 0) is 24.7 Å². The first-order chi connectivity index (χ1) is 14.0. The van der Waals surface area contributed by atoms with Crippen molar-refractivity contribution in [3.8, 4) is 0 Å². The number of imide groups is 1. The van der Waals surface area contributed by atoms with E-state index < -0.39 is 29.6 Å². The van der Waals surface area contributed by atoms with Gasteiger partial charge in [-0.2, -0.15) is 0 Å². The maximum atomic E-state index is 13.4. The molecule has 3 amide bonds. The Morgan fingerprint density at radius 3 is 2.07 bits per heavy atom. The smallest absolute Gasteiger partial charge is 0.348 e. The van der Waals surface area contributed by atoms with Crippen molar-refractivity contribution in [1.82, 2.24) is 10.2 Å². The Morgan fingerprint density at radius 2 is 1.62 bits per heavy atom. The Bertz CT molecular complexity index is 830. The monoisotopic (exact) mass is 396 g/mol. The molecule has 1 aliphatic rings. The predicted octanol–water partition coefficient (Wildman–Crippen LogP) is 2.45. The zero-order chi connectivity index (χ0) is 20.9. The van der Waals surface area contributed by atoms with Crippen LogP contribution in [0.3, 0.4) is 0 Å². The summed E-state index contributed by atoms with van der Waals surface area (Å²) < 4.78 is 11.6. The maximum absolute atomic E-state index is 13.4. The van der Waals surface area contributed by atoms with E-state index in [-0.39, 0.29) is 13.2 Å². The number of rotatable bonds is 7. The minimum absolute atomic E-state index is 0.244. The quantitative estimate of drug-likeness (QED) is 0.727. The Hall–Kier alpha value is -3.19. The second-order valence-electron chi connectivity index (χ2n) is 6.62. The third-order valence-electron chi connectivity index (χ3n) is 4.76. The van der Waals surface area contributed by atoms with Gasteiger partial charge in [-0.25, -0.2) is 9.59 Å². The van der Waals surface area contributed by atoms with Gasteiger partial charge in [-0.05, 0) is 25.0 Å². The van der Waals surface area contributed by atoms with Gasteiger partial charge >= 0.3 is 12.0 Å². The highest BCUT2D eigenvalue weighted by Crippen LogP contribution is 2.35. The fourth-order valence-electron chi connectivity index (χ4n) is 3.39. The highest BCUT2D eigenvalue weighted by atomic mass is 16.6. The normalized spacial score (nSPS) is 15.0. The van der Waals surface area contributed by atoms with Crippen LogP contribution < -0.4 is 5.32 Å². The molecule has 1 atom stereocenters. The highest BCUT2D eigenvalue weighted by Gasteiger charge is 2.46. The summed E-state index contributed by atoms with van der Waals surface area (Å²) in [5.74, 6) is -1.28. The molecular formula is C22H24N2O5. The number of urea groups is 1. The van der Waals surface area contributed by atoms with E-state index in [1.807, 2.05) is 36.4 Å². The number of benzene rings is 2. The summed E-state index contributed by atoms with van der Waals surface area (Å²) in [4.78, 5) is 38.9. The van der Waals surface area contributed by atoms with Crippen LogP contribution in [0, 0.1) is 0 Å². The van der Waals surface area contributed by atoms with Crippen molar-refractivity contribution in [3.05, 3.63) is 71.8 Å². The number of hydrogen-bond acceptors (Lipinski definition) is 5. The molecule has 7 nitrogen and oxygen atoms in total. The van der Waals surface area contributed by atoms with Gasteiger partial charge in [-0.15, -0.1) is 0 Å². The standard InChI is InChI=1S/C22H24N2O5/c1-3-28-22(17-10-6-4-7-11-17,18-12-8-5-9-13-18)20(26)29-16(2)19(25)24-15-14-23-21(24)27/h4-13,16H,3,14-15H2,1-2H3,(H,23,27)/t16-/m1/s1. The largest absolute Gasteiger partial charge is 0.450 e. The molecule has 1 heterocycles. The molecule has 29 heavy (non-hydrogen) atoms. The van der Waals surface area contributed by atoms with Crippen molar-refractivity contribution in [2.24, 2.45) is 0 Å². The number of amides is 3. The van der Waals surface area contributed by atoms with Gasteiger partial charge < -0.3 is 14.8 Å². The third kappa shape index (κ3) is 4.00. The van der Waals surface area contributed by atoms with Crippen LogP contribution in [0.1, 0.15) is 25.0 Å². The second-order valence-corrected chi connectivity index (χ2v) is 6.62. The number of esters is 1. The van der Waals surface area contributed by atoms with Gasteiger partial charge in [0, 0.05) is 19.7 Å². The summed E-state index contributed by atoms with van der Waals surface area (Å²) in [6.07, 6.45) is -1.14. The molecule has 0 aromatic heterocycles. The van der Waals surface area contributed by atoms with Crippen molar-refractivity contribution in [1.29, 1.82) is 0 Å². The fourth-order valence-corrected chi connectivity index (χ4v) is 3.39. The lowest BCUT2D eigenvalue weighted by molar-refractivity contribution is -0.177. The highest BCUT2D eigenvalue weighted by molar-refractivity contribution is 5.99. The number of nitrogens with one attached hydrogen (secondary N) is 1. The number of carbonyl (C=O) groups is 3. The molecule has 0 spiro atoms. The minimum Gasteiger partial charge on any atom is -0.450 e. The van der Waals surface area contributed by atoms with Gasteiger partial charge in [0.2, 0.25) is 5.60 Å². The van der Waals surface area contributed by atoms with Crippen molar-refractivity contribution in [2.75, 3.05) is 19.7 Å². The topological polar surface area (TPSA) is 84.9 Å². The summed E-state index contributed by atoms with van der Waals surface area (Å²) in [6.45, 7) is 4.11. The van der Waals surface area contributed by atoms with Crippen LogP contribution in [0.2, 0.25) is 0 Å². The van der Waals surface area contributed by atoms with E-state index >= 15 is 0 Å². The molecule has 0 radical (unpaired) electrons. The molecule has 0 unspecified atom stereocenters. The average molecular weight is 396 g/mol. The number of carbonyl (C=O) groups excluding carboxylic acids is 3. The van der Waals surface area contributed by atoms with Crippen molar-refractivity contribution in [3.63, 3.8) is 0 Å². The molecule has 2 aromatic carbocycles. The van der Waals surface area contributed by atoms with E-state index in [0.717, 1.165) is 4.90 Å². The summed E-state index contributed by atoms with van der Waals surface area (Å²) in [7, 11) is 0. The first-order valence-corrected chi connectivity index (χ1v) is 9.56. The molecule has 3 rings (SSSR count). The molecule has 152 valence electrons. The molecule has 1 aliphatic heterocycles. The van der Waals surface area contributed by atoms with Gasteiger partial charge in [-0.1, -0.05) is 60.7 Å². The molecule has 0 aliphatic carbocycles. The summed E-state index contributed by atoms with van der Waals surface area (Å²) in [6, 6.07) is 17.6. The van der Waals surface area contributed by atoms with Gasteiger partial charge in [0.15, 0.2) is 6.10 Å². The lowest BCUT2D eigenvalue weighted by atomic mass is 9.86. The zero-order valence-corrected chi connectivity index (χ0v) is 16.5. The molecule has 1 fully saturated rings. The fraction of sp³-hybridized carbons (Fsp3) is 0.318. The zero-order valence-electron chi connectivity index (χ0n) is 16.5. The maximum Gasteiger partial charge on any atom is 0.348 e. The second kappa shape index (κ2) is 8.87. The van der Waals surface area contributed by atoms with E-state index in [4.69, 9.17) is 9.47 Å². The van der Waals surface area contributed by atoms with Crippen LogP contribution >= 0.6 is 0 Å². The average Bonchev–Trinajstić information content (AvgIpc) is 3.18. The molecule has 0 bridgehead atoms. The molecule has 7 heteroatoms. The third-order valence-corrected chi connectivity index (χ3v) is 4.76. The number of nitrogens with zero attached hydrogens (tertiary/aromatic N) is 1. The van der Waals surface area contributed by atoms with E-state index in [1.165, 1.54) is 6.92 Å². The van der Waals surface area contributed by atoms with Gasteiger partial charge in [0.1, 0.15) is 0 Å². The van der Waals surface area contributed by atoms with Crippen molar-refractivity contribution in [2.45, 2.75) is 25.6 Å². The van der Waals surface area contributed by atoms with E-state index in [0.29, 0.717) is 17.7 Å². The first-order valence-electron chi connectivity index (χ1n) is 9.56. The predicted molar refractivity (Wildman–Crippen MR) is 106 cm³/mol. The van der Waals surface area contributed by atoms with Crippen molar-refractivity contribution >= 4 is 17.9 Å². The Morgan fingerprint density at radius 1 is 1.07 bits per heavy atom. The number of hydrogen-bond donors (Lipinski definition) is 1. The Kier molecular flexibility index (Phi) is 6.29. The SMILES string of the molecule is CCOC(C(=O)O[C@H](C)C(=O)N1CCNC1=O)(c1ccccc1)c1ccccc1. The molecular weight excluding hydrogens is 372 g/mol. The number of ether oxygens (including phenoxy) is 2. The molecule has 2 aromatic rings. The first kappa shape index (κ1) is 20.5. The molecule has 0 saturated carbocycles. The lowest BCUT2D eigenvalue weighted by Crippen LogP contribution is -2.47. The van der Waals surface area contributed by atoms with Crippen LogP contribution in [0.15, 0.2) is 60.7 Å². The van der Waals surface area contributed by atoms with Crippen LogP contribution in [0.5, 0.6) is 0 Å². The lowest BCUT2D eigenvalue weighted by Gasteiger charge is -2.33. The summed E-state index contributed by atoms with van der Waals surface area (Å²) in [5.41, 5.74) is -0.341.